The first-order valence-electron chi connectivity index (χ1n) is 6.56. The fourth-order valence-electron chi connectivity index (χ4n) is 2.75. The van der Waals surface area contributed by atoms with Gasteiger partial charge in [-0.2, -0.15) is 0 Å². The zero-order valence-electron chi connectivity index (χ0n) is 10.7. The number of hydrazine groups is 1. The standard InChI is InChI=1S/C14H21ClN2O/c1-2-14-12(7-8-18-14)13(17-16)9-10-3-5-11(15)6-4-10/h3-6,12-14,17H,2,7-9,16H2,1H3. The number of hydrogen-bond donors (Lipinski definition) is 2. The van der Waals surface area contributed by atoms with Crippen LogP contribution < -0.4 is 11.3 Å². The lowest BCUT2D eigenvalue weighted by Crippen LogP contribution is -2.45. The number of nitrogens with two attached hydrogens (primary N) is 1. The van der Waals surface area contributed by atoms with Crippen molar-refractivity contribution in [3.63, 3.8) is 0 Å². The van der Waals surface area contributed by atoms with Gasteiger partial charge in [0, 0.05) is 23.6 Å². The summed E-state index contributed by atoms with van der Waals surface area (Å²) in [6.07, 6.45) is 3.38. The van der Waals surface area contributed by atoms with Crippen LogP contribution in [-0.4, -0.2) is 18.8 Å². The van der Waals surface area contributed by atoms with Gasteiger partial charge in [0.2, 0.25) is 0 Å². The van der Waals surface area contributed by atoms with Crippen LogP contribution >= 0.6 is 11.6 Å². The molecule has 1 aliphatic rings. The number of rotatable bonds is 5. The lowest BCUT2D eigenvalue weighted by Gasteiger charge is -2.26. The second-order valence-electron chi connectivity index (χ2n) is 4.87. The highest BCUT2D eigenvalue weighted by Crippen LogP contribution is 2.28. The van der Waals surface area contributed by atoms with Crippen LogP contribution in [0.25, 0.3) is 0 Å². The molecule has 0 saturated carbocycles. The van der Waals surface area contributed by atoms with E-state index >= 15 is 0 Å². The predicted octanol–water partition coefficient (Wildman–Crippen LogP) is 2.53. The van der Waals surface area contributed by atoms with Gasteiger partial charge in [0.1, 0.15) is 0 Å². The highest BCUT2D eigenvalue weighted by Gasteiger charge is 2.33. The Morgan fingerprint density at radius 1 is 1.44 bits per heavy atom. The molecule has 1 aromatic carbocycles. The summed E-state index contributed by atoms with van der Waals surface area (Å²) < 4.78 is 5.74. The largest absolute Gasteiger partial charge is 0.378 e. The molecule has 1 fully saturated rings. The first-order valence-corrected chi connectivity index (χ1v) is 6.94. The lowest BCUT2D eigenvalue weighted by atomic mass is 9.88. The minimum absolute atomic E-state index is 0.263. The minimum Gasteiger partial charge on any atom is -0.378 e. The van der Waals surface area contributed by atoms with Crippen molar-refractivity contribution in [3.8, 4) is 0 Å². The summed E-state index contributed by atoms with van der Waals surface area (Å²) in [7, 11) is 0. The smallest absolute Gasteiger partial charge is 0.0617 e. The highest BCUT2D eigenvalue weighted by molar-refractivity contribution is 6.30. The average molecular weight is 269 g/mol. The Balaban J connectivity index is 2.02. The summed E-state index contributed by atoms with van der Waals surface area (Å²) in [5.41, 5.74) is 4.21. The quantitative estimate of drug-likeness (QED) is 0.637. The molecule has 1 heterocycles. The monoisotopic (exact) mass is 268 g/mol. The molecule has 1 aromatic rings. The minimum atomic E-state index is 0.263. The molecular formula is C14H21ClN2O. The van der Waals surface area contributed by atoms with E-state index in [1.54, 1.807) is 0 Å². The normalized spacial score (nSPS) is 25.3. The van der Waals surface area contributed by atoms with Gasteiger partial charge in [0.15, 0.2) is 0 Å². The summed E-state index contributed by atoms with van der Waals surface area (Å²) in [6.45, 7) is 3.01. The van der Waals surface area contributed by atoms with E-state index in [9.17, 15) is 0 Å². The first-order chi connectivity index (χ1) is 8.74. The van der Waals surface area contributed by atoms with Crippen LogP contribution in [0.1, 0.15) is 25.3 Å². The van der Waals surface area contributed by atoms with Gasteiger partial charge in [0.25, 0.3) is 0 Å². The maximum atomic E-state index is 5.89. The van der Waals surface area contributed by atoms with Crippen LogP contribution in [-0.2, 0) is 11.2 Å². The molecule has 0 bridgehead atoms. The molecule has 4 heteroatoms. The Morgan fingerprint density at radius 2 is 2.17 bits per heavy atom. The third-order valence-corrected chi connectivity index (χ3v) is 4.01. The molecule has 1 saturated heterocycles. The Kier molecular flexibility index (Phi) is 5.01. The predicted molar refractivity (Wildman–Crippen MR) is 74.4 cm³/mol. The van der Waals surface area contributed by atoms with Crippen LogP contribution in [0.15, 0.2) is 24.3 Å². The second-order valence-corrected chi connectivity index (χ2v) is 5.31. The summed E-state index contributed by atoms with van der Waals surface area (Å²) in [4.78, 5) is 0. The van der Waals surface area contributed by atoms with Crippen LogP contribution in [0.3, 0.4) is 0 Å². The fourth-order valence-corrected chi connectivity index (χ4v) is 2.88. The lowest BCUT2D eigenvalue weighted by molar-refractivity contribution is 0.0775. The summed E-state index contributed by atoms with van der Waals surface area (Å²) in [6, 6.07) is 8.23. The van der Waals surface area contributed by atoms with E-state index in [2.05, 4.69) is 24.5 Å². The molecule has 0 aliphatic carbocycles. The molecule has 3 unspecified atom stereocenters. The van der Waals surface area contributed by atoms with Gasteiger partial charge in [-0.15, -0.1) is 0 Å². The third kappa shape index (κ3) is 3.23. The molecule has 3 N–H and O–H groups in total. The van der Waals surface area contributed by atoms with Gasteiger partial charge in [-0.25, -0.2) is 0 Å². The summed E-state index contributed by atoms with van der Waals surface area (Å²) in [5.74, 6) is 6.21. The van der Waals surface area contributed by atoms with Crippen molar-refractivity contribution in [2.45, 2.75) is 38.3 Å². The Labute approximate surface area is 114 Å². The van der Waals surface area contributed by atoms with Crippen molar-refractivity contribution in [2.24, 2.45) is 11.8 Å². The van der Waals surface area contributed by atoms with Gasteiger partial charge in [-0.1, -0.05) is 30.7 Å². The van der Waals surface area contributed by atoms with Crippen molar-refractivity contribution in [1.82, 2.24) is 5.43 Å². The van der Waals surface area contributed by atoms with Gasteiger partial charge in [-0.3, -0.25) is 11.3 Å². The van der Waals surface area contributed by atoms with E-state index in [1.165, 1.54) is 5.56 Å². The van der Waals surface area contributed by atoms with Crippen LogP contribution in [0.4, 0.5) is 0 Å². The van der Waals surface area contributed by atoms with E-state index in [0.717, 1.165) is 30.9 Å². The molecule has 18 heavy (non-hydrogen) atoms. The molecule has 0 aromatic heterocycles. The zero-order chi connectivity index (χ0) is 13.0. The molecule has 0 radical (unpaired) electrons. The van der Waals surface area contributed by atoms with E-state index in [0.29, 0.717) is 12.0 Å². The zero-order valence-corrected chi connectivity index (χ0v) is 11.5. The molecule has 3 atom stereocenters. The van der Waals surface area contributed by atoms with Crippen molar-refractivity contribution in [3.05, 3.63) is 34.9 Å². The van der Waals surface area contributed by atoms with Crippen molar-refractivity contribution in [2.75, 3.05) is 6.61 Å². The van der Waals surface area contributed by atoms with Gasteiger partial charge in [0.05, 0.1) is 6.10 Å². The van der Waals surface area contributed by atoms with Crippen LogP contribution in [0.2, 0.25) is 5.02 Å². The summed E-state index contributed by atoms with van der Waals surface area (Å²) in [5, 5.41) is 0.770. The molecular weight excluding hydrogens is 248 g/mol. The maximum absolute atomic E-state index is 5.89. The van der Waals surface area contributed by atoms with Crippen LogP contribution in [0.5, 0.6) is 0 Å². The molecule has 1 aliphatic heterocycles. The molecule has 0 spiro atoms. The Hall–Kier alpha value is -0.610. The van der Waals surface area contributed by atoms with Gasteiger partial charge < -0.3 is 4.74 Å². The Bertz CT molecular complexity index is 369. The second kappa shape index (κ2) is 6.53. The molecule has 3 nitrogen and oxygen atoms in total. The van der Waals surface area contributed by atoms with Crippen molar-refractivity contribution < 1.29 is 4.74 Å². The Morgan fingerprint density at radius 3 is 2.78 bits per heavy atom. The van der Waals surface area contributed by atoms with Gasteiger partial charge in [-0.05, 0) is 37.0 Å². The SMILES string of the molecule is CCC1OCCC1C(Cc1ccc(Cl)cc1)NN. The first kappa shape index (κ1) is 13.8. The number of ether oxygens (including phenoxy) is 1. The number of nitrogens with one attached hydrogen (secondary N) is 1. The van der Waals surface area contributed by atoms with Crippen molar-refractivity contribution in [1.29, 1.82) is 0 Å². The van der Waals surface area contributed by atoms with Crippen molar-refractivity contribution >= 4 is 11.6 Å². The number of halogens is 1. The maximum Gasteiger partial charge on any atom is 0.0617 e. The third-order valence-electron chi connectivity index (χ3n) is 3.76. The van der Waals surface area contributed by atoms with E-state index < -0.39 is 0 Å². The van der Waals surface area contributed by atoms with E-state index in [4.69, 9.17) is 22.2 Å². The molecule has 100 valence electrons. The van der Waals surface area contributed by atoms with E-state index in [1.807, 2.05) is 12.1 Å². The highest BCUT2D eigenvalue weighted by atomic mass is 35.5. The fraction of sp³-hybridized carbons (Fsp3) is 0.571. The number of hydrogen-bond acceptors (Lipinski definition) is 3. The van der Waals surface area contributed by atoms with Crippen LogP contribution in [0, 0.1) is 5.92 Å². The van der Waals surface area contributed by atoms with E-state index in [-0.39, 0.29) is 6.04 Å². The molecule has 2 rings (SSSR count). The molecule has 0 amide bonds. The number of benzene rings is 1. The average Bonchev–Trinajstić information content (AvgIpc) is 2.86. The topological polar surface area (TPSA) is 47.3 Å². The summed E-state index contributed by atoms with van der Waals surface area (Å²) >= 11 is 5.89. The van der Waals surface area contributed by atoms with Gasteiger partial charge >= 0.3 is 0 Å².